The van der Waals surface area contributed by atoms with Gasteiger partial charge in [0.2, 0.25) is 0 Å². The van der Waals surface area contributed by atoms with E-state index in [1.165, 1.54) is 6.04 Å². The molecule has 3 heteroatoms. The van der Waals surface area contributed by atoms with Gasteiger partial charge in [-0.25, -0.2) is 0 Å². The zero-order valence-electron chi connectivity index (χ0n) is 9.75. The molecule has 14 heavy (non-hydrogen) atoms. The van der Waals surface area contributed by atoms with Crippen molar-refractivity contribution in [2.45, 2.75) is 63.6 Å². The topological polar surface area (TPSA) is 29.5 Å². The van der Waals surface area contributed by atoms with Crippen LogP contribution in [0.15, 0.2) is 0 Å². The van der Waals surface area contributed by atoms with E-state index >= 15 is 0 Å². The second kappa shape index (κ2) is 5.28. The molecule has 0 aromatic rings. The minimum absolute atomic E-state index is 0.115. The van der Waals surface area contributed by atoms with Crippen molar-refractivity contribution in [3.8, 4) is 0 Å². The molecule has 0 aliphatic carbocycles. The third kappa shape index (κ3) is 4.58. The normalized spacial score (nSPS) is 30.0. The van der Waals surface area contributed by atoms with Crippen molar-refractivity contribution >= 4 is 8.07 Å². The lowest BCUT2D eigenvalue weighted by Gasteiger charge is -2.24. The zero-order valence-corrected chi connectivity index (χ0v) is 10.8. The van der Waals surface area contributed by atoms with Gasteiger partial charge in [0.25, 0.3) is 0 Å². The van der Waals surface area contributed by atoms with Gasteiger partial charge in [-0.15, -0.1) is 0 Å². The summed E-state index contributed by atoms with van der Waals surface area (Å²) in [7, 11) is -0.978. The molecular formula is C11H24O2Si. The Kier molecular flexibility index (Phi) is 4.61. The fourth-order valence-electron chi connectivity index (χ4n) is 1.84. The van der Waals surface area contributed by atoms with Crippen molar-refractivity contribution in [1.82, 2.24) is 0 Å². The average molecular weight is 216 g/mol. The first kappa shape index (κ1) is 12.2. The number of hydrogen-bond acceptors (Lipinski definition) is 2. The maximum atomic E-state index is 9.84. The van der Waals surface area contributed by atoms with Crippen LogP contribution in [0.25, 0.3) is 0 Å². The second-order valence-electron chi connectivity index (χ2n) is 5.57. The molecule has 0 aromatic heterocycles. The van der Waals surface area contributed by atoms with Crippen molar-refractivity contribution in [2.24, 2.45) is 0 Å². The maximum absolute atomic E-state index is 9.84. The third-order valence-corrected chi connectivity index (χ3v) is 4.62. The summed E-state index contributed by atoms with van der Waals surface area (Å²) in [5.74, 6) is 0. The van der Waals surface area contributed by atoms with Gasteiger partial charge in [0.1, 0.15) is 0 Å². The molecule has 2 nitrogen and oxygen atoms in total. The average Bonchev–Trinajstić information content (AvgIpc) is 2.25. The molecule has 0 bridgehead atoms. The van der Waals surface area contributed by atoms with Gasteiger partial charge in [-0.1, -0.05) is 25.7 Å². The third-order valence-electron chi connectivity index (χ3n) is 2.83. The van der Waals surface area contributed by atoms with E-state index < -0.39 is 8.07 Å². The van der Waals surface area contributed by atoms with Crippen LogP contribution in [-0.2, 0) is 4.74 Å². The van der Waals surface area contributed by atoms with Crippen LogP contribution in [0, 0.1) is 0 Å². The molecule has 84 valence electrons. The molecule has 1 aliphatic rings. The van der Waals surface area contributed by atoms with E-state index in [0.717, 1.165) is 32.3 Å². The van der Waals surface area contributed by atoms with Crippen LogP contribution in [0.3, 0.4) is 0 Å². The molecule has 0 saturated carbocycles. The highest BCUT2D eigenvalue weighted by molar-refractivity contribution is 6.76. The number of aliphatic hydroxyl groups is 1. The molecule has 0 radical (unpaired) electrons. The van der Waals surface area contributed by atoms with E-state index in [9.17, 15) is 5.11 Å². The van der Waals surface area contributed by atoms with Crippen LogP contribution in [0.1, 0.15) is 25.7 Å². The Morgan fingerprint density at radius 2 is 2.00 bits per heavy atom. The molecule has 0 aromatic carbocycles. The Morgan fingerprint density at radius 3 is 2.64 bits per heavy atom. The van der Waals surface area contributed by atoms with E-state index in [-0.39, 0.29) is 12.2 Å². The minimum atomic E-state index is -0.978. The van der Waals surface area contributed by atoms with Crippen LogP contribution in [0.5, 0.6) is 0 Å². The smallest absolute Gasteiger partial charge is 0.0831 e. The van der Waals surface area contributed by atoms with Crippen LogP contribution in [-0.4, -0.2) is 32.0 Å². The fourth-order valence-corrected chi connectivity index (χ4v) is 2.99. The van der Waals surface area contributed by atoms with Crippen molar-refractivity contribution < 1.29 is 9.84 Å². The summed E-state index contributed by atoms with van der Waals surface area (Å²) in [5.41, 5.74) is 0. The Hall–Kier alpha value is 0.137. The lowest BCUT2D eigenvalue weighted by Crippen LogP contribution is -2.30. The summed E-state index contributed by atoms with van der Waals surface area (Å²) in [6, 6.07) is 1.26. The van der Waals surface area contributed by atoms with Gasteiger partial charge in [-0.2, -0.15) is 0 Å². The number of rotatable bonds is 3. The monoisotopic (exact) mass is 216 g/mol. The summed E-state index contributed by atoms with van der Waals surface area (Å²) < 4.78 is 5.68. The summed E-state index contributed by atoms with van der Waals surface area (Å²) in [6.45, 7) is 7.95. The minimum Gasteiger partial charge on any atom is -0.390 e. The molecule has 1 aliphatic heterocycles. The number of ether oxygens (including phenoxy) is 1. The molecule has 0 spiro atoms. The number of aliphatic hydroxyl groups excluding tert-OH is 1. The van der Waals surface area contributed by atoms with E-state index in [0.29, 0.717) is 0 Å². The van der Waals surface area contributed by atoms with Crippen molar-refractivity contribution in [2.75, 3.05) is 6.61 Å². The predicted molar refractivity (Wildman–Crippen MR) is 62.4 cm³/mol. The Labute approximate surface area is 88.7 Å². The highest BCUT2D eigenvalue weighted by Gasteiger charge is 2.24. The Morgan fingerprint density at radius 1 is 1.29 bits per heavy atom. The predicted octanol–water partition coefficient (Wildman–Crippen LogP) is 2.64. The largest absolute Gasteiger partial charge is 0.390 e. The molecule has 1 fully saturated rings. The summed E-state index contributed by atoms with van der Waals surface area (Å²) in [6.07, 6.45) is 4.11. The lowest BCUT2D eigenvalue weighted by atomic mass is 10.1. The van der Waals surface area contributed by atoms with Crippen molar-refractivity contribution in [3.63, 3.8) is 0 Å². The van der Waals surface area contributed by atoms with E-state index in [1.807, 2.05) is 0 Å². The molecule has 1 rings (SSSR count). The molecule has 0 amide bonds. The quantitative estimate of drug-likeness (QED) is 0.735. The van der Waals surface area contributed by atoms with Crippen LogP contribution >= 0.6 is 0 Å². The van der Waals surface area contributed by atoms with Crippen LogP contribution < -0.4 is 0 Å². The van der Waals surface area contributed by atoms with Gasteiger partial charge in [-0.3, -0.25) is 0 Å². The van der Waals surface area contributed by atoms with Gasteiger partial charge in [-0.05, 0) is 25.7 Å². The number of hydrogen-bond donors (Lipinski definition) is 1. The van der Waals surface area contributed by atoms with Gasteiger partial charge >= 0.3 is 0 Å². The first-order valence-electron chi connectivity index (χ1n) is 5.79. The standard InChI is InChI=1S/C11H24O2Si/c1-14(2,3)9-7-11-10(12)6-4-5-8-13-11/h10-12H,4-9H2,1-3H3/t10-,11-/m0/s1. The Balaban J connectivity index is 2.33. The van der Waals surface area contributed by atoms with Gasteiger partial charge in [0.15, 0.2) is 0 Å². The highest BCUT2D eigenvalue weighted by atomic mass is 28.3. The van der Waals surface area contributed by atoms with Gasteiger partial charge in [0.05, 0.1) is 12.2 Å². The van der Waals surface area contributed by atoms with Gasteiger partial charge < -0.3 is 9.84 Å². The molecule has 1 N–H and O–H groups in total. The molecule has 1 heterocycles. The van der Waals surface area contributed by atoms with Gasteiger partial charge in [0, 0.05) is 14.7 Å². The first-order valence-corrected chi connectivity index (χ1v) is 9.49. The van der Waals surface area contributed by atoms with Crippen LogP contribution in [0.2, 0.25) is 25.7 Å². The fraction of sp³-hybridized carbons (Fsp3) is 1.00. The molecule has 2 atom stereocenters. The Bertz CT molecular complexity index is 165. The summed E-state index contributed by atoms with van der Waals surface area (Å²) >= 11 is 0. The maximum Gasteiger partial charge on any atom is 0.0831 e. The second-order valence-corrected chi connectivity index (χ2v) is 11.2. The van der Waals surface area contributed by atoms with Crippen LogP contribution in [0.4, 0.5) is 0 Å². The summed E-state index contributed by atoms with van der Waals surface area (Å²) in [5, 5.41) is 9.84. The van der Waals surface area contributed by atoms with E-state index in [4.69, 9.17) is 4.74 Å². The highest BCUT2D eigenvalue weighted by Crippen LogP contribution is 2.21. The molecular weight excluding hydrogens is 192 g/mol. The van der Waals surface area contributed by atoms with Crippen molar-refractivity contribution in [1.29, 1.82) is 0 Å². The SMILES string of the molecule is C[Si](C)(C)CC[C@@H]1OCCCC[C@@H]1O. The van der Waals surface area contributed by atoms with E-state index in [1.54, 1.807) is 0 Å². The van der Waals surface area contributed by atoms with Crippen molar-refractivity contribution in [3.05, 3.63) is 0 Å². The van der Waals surface area contributed by atoms with E-state index in [2.05, 4.69) is 19.6 Å². The summed E-state index contributed by atoms with van der Waals surface area (Å²) in [4.78, 5) is 0. The zero-order chi connectivity index (χ0) is 10.6. The first-order chi connectivity index (χ1) is 6.49. The molecule has 1 saturated heterocycles. The lowest BCUT2D eigenvalue weighted by molar-refractivity contribution is -0.0267. The molecule has 0 unspecified atom stereocenters.